The molecule has 0 unspecified atom stereocenters. The maximum absolute atomic E-state index is 11.6. The van der Waals surface area contributed by atoms with Gasteiger partial charge in [0.05, 0.1) is 11.6 Å². The van der Waals surface area contributed by atoms with Gasteiger partial charge in [0.25, 0.3) is 0 Å². The Morgan fingerprint density at radius 1 is 1.18 bits per heavy atom. The number of carbonyl (C=O) groups is 1. The molecule has 0 aliphatic carbocycles. The second kappa shape index (κ2) is 7.52. The number of phenolic OH excluding ortho intramolecular Hbond substituents is 2. The first-order chi connectivity index (χ1) is 10.5. The predicted octanol–water partition coefficient (Wildman–Crippen LogP) is 3.55. The van der Waals surface area contributed by atoms with E-state index in [9.17, 15) is 15.0 Å². The summed E-state index contributed by atoms with van der Waals surface area (Å²) in [4.78, 5) is 11.6. The van der Waals surface area contributed by atoms with Crippen LogP contribution in [-0.2, 0) is 16.0 Å². The first-order valence-electron chi connectivity index (χ1n) is 6.66. The third-order valence-electron chi connectivity index (χ3n) is 2.93. The van der Waals surface area contributed by atoms with Crippen molar-refractivity contribution in [2.24, 2.45) is 0 Å². The third-order valence-corrected chi connectivity index (χ3v) is 3.25. The van der Waals surface area contributed by atoms with E-state index in [4.69, 9.17) is 16.3 Å². The molecule has 5 heteroatoms. The van der Waals surface area contributed by atoms with Gasteiger partial charge in [0.2, 0.25) is 0 Å². The Balaban J connectivity index is 1.82. The van der Waals surface area contributed by atoms with Gasteiger partial charge in [-0.05, 0) is 41.5 Å². The van der Waals surface area contributed by atoms with Crippen molar-refractivity contribution < 1.29 is 19.7 Å². The van der Waals surface area contributed by atoms with Crippen molar-refractivity contribution in [3.05, 3.63) is 64.7 Å². The van der Waals surface area contributed by atoms with E-state index in [1.807, 2.05) is 6.07 Å². The van der Waals surface area contributed by atoms with Crippen molar-refractivity contribution in [1.29, 1.82) is 0 Å². The van der Waals surface area contributed by atoms with E-state index in [1.165, 1.54) is 18.2 Å². The molecule has 2 N–H and O–H groups in total. The lowest BCUT2D eigenvalue weighted by atomic mass is 10.1. The van der Waals surface area contributed by atoms with Gasteiger partial charge in [-0.2, -0.15) is 0 Å². The Bertz CT molecular complexity index is 695. The van der Waals surface area contributed by atoms with Crippen molar-refractivity contribution in [2.45, 2.75) is 6.42 Å². The van der Waals surface area contributed by atoms with Gasteiger partial charge in [0, 0.05) is 12.5 Å². The zero-order valence-electron chi connectivity index (χ0n) is 11.7. The van der Waals surface area contributed by atoms with E-state index in [0.717, 1.165) is 5.56 Å². The highest BCUT2D eigenvalue weighted by Crippen LogP contribution is 2.24. The standard InChI is InChI=1S/C17H15ClO4/c18-15-6-4-13(11-16(15)20)5-7-17(21)22-9-8-12-2-1-3-14(19)10-12/h1-7,10-11,19-20H,8-9H2/b7-5+. The number of halogens is 1. The van der Waals surface area contributed by atoms with Gasteiger partial charge in [-0.3, -0.25) is 0 Å². The summed E-state index contributed by atoms with van der Waals surface area (Å²) in [6.45, 7) is 0.221. The second-order valence-corrected chi connectivity index (χ2v) is 5.04. The summed E-state index contributed by atoms with van der Waals surface area (Å²) in [7, 11) is 0. The first kappa shape index (κ1) is 15.9. The Morgan fingerprint density at radius 3 is 2.73 bits per heavy atom. The number of benzene rings is 2. The van der Waals surface area contributed by atoms with Crippen LogP contribution >= 0.6 is 11.6 Å². The highest BCUT2D eigenvalue weighted by atomic mass is 35.5. The van der Waals surface area contributed by atoms with Crippen molar-refractivity contribution in [3.63, 3.8) is 0 Å². The number of phenols is 2. The summed E-state index contributed by atoms with van der Waals surface area (Å²) >= 11 is 5.70. The number of hydrogen-bond acceptors (Lipinski definition) is 4. The average Bonchev–Trinajstić information content (AvgIpc) is 2.48. The fraction of sp³-hybridized carbons (Fsp3) is 0.118. The molecule has 0 saturated carbocycles. The number of hydrogen-bond donors (Lipinski definition) is 2. The third kappa shape index (κ3) is 4.82. The van der Waals surface area contributed by atoms with Gasteiger partial charge in [-0.15, -0.1) is 0 Å². The van der Waals surface area contributed by atoms with Gasteiger partial charge in [-0.1, -0.05) is 29.8 Å². The zero-order chi connectivity index (χ0) is 15.9. The number of rotatable bonds is 5. The smallest absolute Gasteiger partial charge is 0.330 e. The van der Waals surface area contributed by atoms with E-state index >= 15 is 0 Å². The molecule has 0 amide bonds. The molecule has 0 aromatic heterocycles. The highest BCUT2D eigenvalue weighted by Gasteiger charge is 2.01. The molecule has 0 spiro atoms. The average molecular weight is 319 g/mol. The topological polar surface area (TPSA) is 66.8 Å². The minimum atomic E-state index is -0.477. The molecule has 0 saturated heterocycles. The van der Waals surface area contributed by atoms with Crippen LogP contribution in [0.15, 0.2) is 48.5 Å². The van der Waals surface area contributed by atoms with Crippen LogP contribution in [0.25, 0.3) is 6.08 Å². The predicted molar refractivity (Wildman–Crippen MR) is 84.9 cm³/mol. The summed E-state index contributed by atoms with van der Waals surface area (Å²) in [5, 5.41) is 19.0. The molecular formula is C17H15ClO4. The fourth-order valence-electron chi connectivity index (χ4n) is 1.83. The van der Waals surface area contributed by atoms with Gasteiger partial charge in [0.1, 0.15) is 11.5 Å². The number of ether oxygens (including phenoxy) is 1. The second-order valence-electron chi connectivity index (χ2n) is 4.63. The van der Waals surface area contributed by atoms with Crippen LogP contribution in [0.5, 0.6) is 11.5 Å². The summed E-state index contributed by atoms with van der Waals surface area (Å²) in [6.07, 6.45) is 3.34. The van der Waals surface area contributed by atoms with Crippen LogP contribution < -0.4 is 0 Å². The number of esters is 1. The molecule has 2 aromatic carbocycles. The molecule has 0 aliphatic heterocycles. The molecule has 0 heterocycles. The van der Waals surface area contributed by atoms with Crippen molar-refractivity contribution >= 4 is 23.6 Å². The summed E-state index contributed by atoms with van der Waals surface area (Å²) in [6, 6.07) is 11.5. The lowest BCUT2D eigenvalue weighted by Crippen LogP contribution is -2.04. The molecule has 0 atom stereocenters. The molecule has 0 fully saturated rings. The minimum Gasteiger partial charge on any atom is -0.508 e. The van der Waals surface area contributed by atoms with Crippen molar-refractivity contribution in [2.75, 3.05) is 6.61 Å². The van der Waals surface area contributed by atoms with E-state index in [1.54, 1.807) is 30.3 Å². The minimum absolute atomic E-state index is 0.0407. The molecular weight excluding hydrogens is 304 g/mol. The van der Waals surface area contributed by atoms with E-state index in [2.05, 4.69) is 0 Å². The van der Waals surface area contributed by atoms with E-state index in [0.29, 0.717) is 12.0 Å². The monoisotopic (exact) mass is 318 g/mol. The zero-order valence-corrected chi connectivity index (χ0v) is 12.5. The molecule has 0 radical (unpaired) electrons. The highest BCUT2D eigenvalue weighted by molar-refractivity contribution is 6.32. The van der Waals surface area contributed by atoms with Gasteiger partial charge < -0.3 is 14.9 Å². The Morgan fingerprint density at radius 2 is 2.00 bits per heavy atom. The van der Waals surface area contributed by atoms with Crippen LogP contribution in [0, 0.1) is 0 Å². The van der Waals surface area contributed by atoms with E-state index in [-0.39, 0.29) is 23.1 Å². The normalized spacial score (nSPS) is 10.8. The summed E-state index contributed by atoms with van der Waals surface area (Å²) in [5.41, 5.74) is 1.53. The van der Waals surface area contributed by atoms with Crippen LogP contribution in [-0.4, -0.2) is 22.8 Å². The fourth-order valence-corrected chi connectivity index (χ4v) is 1.94. The molecule has 114 valence electrons. The van der Waals surface area contributed by atoms with E-state index < -0.39 is 5.97 Å². The van der Waals surface area contributed by atoms with Gasteiger partial charge in [-0.25, -0.2) is 4.79 Å². The van der Waals surface area contributed by atoms with Crippen LogP contribution in [0.3, 0.4) is 0 Å². The lowest BCUT2D eigenvalue weighted by Gasteiger charge is -2.03. The summed E-state index contributed by atoms with van der Waals surface area (Å²) < 4.78 is 5.07. The van der Waals surface area contributed by atoms with Crippen LogP contribution in [0.2, 0.25) is 5.02 Å². The molecule has 2 aromatic rings. The van der Waals surface area contributed by atoms with Crippen LogP contribution in [0.4, 0.5) is 0 Å². The maximum Gasteiger partial charge on any atom is 0.330 e. The summed E-state index contributed by atoms with van der Waals surface area (Å²) in [5.74, 6) is -0.332. The quantitative estimate of drug-likeness (QED) is 0.653. The van der Waals surface area contributed by atoms with Crippen molar-refractivity contribution in [1.82, 2.24) is 0 Å². The molecule has 0 bridgehead atoms. The maximum atomic E-state index is 11.6. The van der Waals surface area contributed by atoms with Gasteiger partial charge in [0.15, 0.2) is 0 Å². The Labute approximate surface area is 133 Å². The Kier molecular flexibility index (Phi) is 5.44. The first-order valence-corrected chi connectivity index (χ1v) is 7.03. The molecule has 0 aliphatic rings. The van der Waals surface area contributed by atoms with Crippen molar-refractivity contribution in [3.8, 4) is 11.5 Å². The number of carbonyl (C=O) groups excluding carboxylic acids is 1. The molecule has 2 rings (SSSR count). The molecule has 4 nitrogen and oxygen atoms in total. The largest absolute Gasteiger partial charge is 0.508 e. The SMILES string of the molecule is O=C(/C=C/c1ccc(Cl)c(O)c1)OCCc1cccc(O)c1. The van der Waals surface area contributed by atoms with Crippen LogP contribution in [0.1, 0.15) is 11.1 Å². The Hall–Kier alpha value is -2.46. The molecule has 22 heavy (non-hydrogen) atoms. The lowest BCUT2D eigenvalue weighted by molar-refractivity contribution is -0.137. The van der Waals surface area contributed by atoms with Gasteiger partial charge >= 0.3 is 5.97 Å². The number of aromatic hydroxyl groups is 2.